The maximum Gasteiger partial charge on any atom is 0.289 e. The summed E-state index contributed by atoms with van der Waals surface area (Å²) in [6.07, 6.45) is 9.39. The molecule has 1 spiro atoms. The number of rotatable bonds is 4. The second-order valence-electron chi connectivity index (χ2n) is 8.17. The molecule has 2 saturated heterocycles. The van der Waals surface area contributed by atoms with Gasteiger partial charge in [-0.3, -0.25) is 14.6 Å². The Hall–Kier alpha value is -3.42. The second kappa shape index (κ2) is 7.12. The molecule has 0 saturated carbocycles. The van der Waals surface area contributed by atoms with Gasteiger partial charge in [-0.1, -0.05) is 6.07 Å². The molecule has 2 atom stereocenters. The van der Waals surface area contributed by atoms with Crippen molar-refractivity contribution in [2.24, 2.45) is 12.5 Å². The van der Waals surface area contributed by atoms with Crippen LogP contribution in [0.2, 0.25) is 0 Å². The van der Waals surface area contributed by atoms with Crippen molar-refractivity contribution in [3.63, 3.8) is 0 Å². The number of likely N-dealkylation sites (tertiary alicyclic amines) is 2. The Labute approximate surface area is 174 Å². The predicted octanol–water partition coefficient (Wildman–Crippen LogP) is 2.07. The molecule has 5 heterocycles. The van der Waals surface area contributed by atoms with E-state index in [0.717, 1.165) is 11.3 Å². The predicted molar refractivity (Wildman–Crippen MR) is 107 cm³/mol. The fraction of sp³-hybridized carbons (Fsp3) is 0.364. The van der Waals surface area contributed by atoms with E-state index in [1.165, 1.54) is 6.26 Å². The van der Waals surface area contributed by atoms with Crippen LogP contribution in [0, 0.1) is 5.41 Å². The van der Waals surface area contributed by atoms with Gasteiger partial charge in [0, 0.05) is 57.7 Å². The lowest BCUT2D eigenvalue weighted by atomic mass is 9.75. The molecule has 0 N–H and O–H groups in total. The van der Waals surface area contributed by atoms with Crippen molar-refractivity contribution in [1.82, 2.24) is 24.3 Å². The average molecular weight is 405 g/mol. The third-order valence-electron chi connectivity index (χ3n) is 6.28. The van der Waals surface area contributed by atoms with Crippen molar-refractivity contribution < 1.29 is 14.0 Å². The van der Waals surface area contributed by atoms with Crippen LogP contribution < -0.4 is 0 Å². The zero-order valence-corrected chi connectivity index (χ0v) is 16.8. The molecule has 154 valence electrons. The van der Waals surface area contributed by atoms with Crippen LogP contribution in [0.3, 0.4) is 0 Å². The Morgan fingerprint density at radius 3 is 2.93 bits per heavy atom. The van der Waals surface area contributed by atoms with Crippen LogP contribution in [0.25, 0.3) is 0 Å². The molecule has 30 heavy (non-hydrogen) atoms. The third kappa shape index (κ3) is 2.99. The molecule has 8 nitrogen and oxygen atoms in total. The molecule has 0 bridgehead atoms. The summed E-state index contributed by atoms with van der Waals surface area (Å²) in [7, 11) is 1.91. The van der Waals surface area contributed by atoms with Crippen LogP contribution in [0.1, 0.15) is 34.2 Å². The fourth-order valence-corrected chi connectivity index (χ4v) is 4.80. The molecule has 0 unspecified atom stereocenters. The minimum Gasteiger partial charge on any atom is -0.459 e. The summed E-state index contributed by atoms with van der Waals surface area (Å²) in [5.41, 5.74) is 1.18. The highest BCUT2D eigenvalue weighted by Gasteiger charge is 2.58. The van der Waals surface area contributed by atoms with Crippen molar-refractivity contribution in [1.29, 1.82) is 0 Å². The monoisotopic (exact) mass is 405 g/mol. The second-order valence-corrected chi connectivity index (χ2v) is 8.17. The number of furan rings is 1. The van der Waals surface area contributed by atoms with E-state index >= 15 is 0 Å². The molecule has 2 amide bonds. The van der Waals surface area contributed by atoms with Crippen LogP contribution in [0.4, 0.5) is 0 Å². The molecule has 3 aromatic rings. The Morgan fingerprint density at radius 1 is 1.33 bits per heavy atom. The van der Waals surface area contributed by atoms with Crippen molar-refractivity contribution in [2.45, 2.75) is 18.9 Å². The smallest absolute Gasteiger partial charge is 0.289 e. The van der Waals surface area contributed by atoms with E-state index in [0.29, 0.717) is 38.4 Å². The average Bonchev–Trinajstić information content (AvgIpc) is 3.54. The fourth-order valence-electron chi connectivity index (χ4n) is 4.80. The van der Waals surface area contributed by atoms with E-state index in [1.807, 2.05) is 34.8 Å². The summed E-state index contributed by atoms with van der Waals surface area (Å²) in [6, 6.07) is 7.21. The van der Waals surface area contributed by atoms with Gasteiger partial charge in [-0.05, 0) is 30.2 Å². The van der Waals surface area contributed by atoms with Gasteiger partial charge in [0.1, 0.15) is 0 Å². The standard InChI is InChI=1S/C22H23N5O3/c1-25-13-18(24-15-25)17-12-27(20(28)19-5-3-9-30-19)14-22(17)6-8-26(21(22)29)11-16-4-2-7-23-10-16/h2-5,7,9-10,13,15,17H,6,8,11-12,14H2,1H3/t17-,22-/m0/s1. The van der Waals surface area contributed by atoms with Gasteiger partial charge in [0.25, 0.3) is 5.91 Å². The van der Waals surface area contributed by atoms with E-state index in [9.17, 15) is 9.59 Å². The van der Waals surface area contributed by atoms with E-state index in [4.69, 9.17) is 4.42 Å². The highest BCUT2D eigenvalue weighted by atomic mass is 16.3. The van der Waals surface area contributed by atoms with Crippen LogP contribution >= 0.6 is 0 Å². The number of carbonyl (C=O) groups is 2. The van der Waals surface area contributed by atoms with Crippen LogP contribution in [0.15, 0.2) is 59.9 Å². The van der Waals surface area contributed by atoms with Crippen molar-refractivity contribution in [3.05, 3.63) is 72.5 Å². The minimum atomic E-state index is -0.668. The first kappa shape index (κ1) is 18.6. The van der Waals surface area contributed by atoms with Gasteiger partial charge in [-0.2, -0.15) is 0 Å². The number of pyridine rings is 1. The Bertz CT molecular complexity index is 1060. The number of aromatic nitrogens is 3. The number of hydrogen-bond acceptors (Lipinski definition) is 5. The van der Waals surface area contributed by atoms with Crippen molar-refractivity contribution in [2.75, 3.05) is 19.6 Å². The molecule has 0 radical (unpaired) electrons. The Kier molecular flexibility index (Phi) is 4.42. The first-order chi connectivity index (χ1) is 14.6. The van der Waals surface area contributed by atoms with Gasteiger partial charge in [-0.15, -0.1) is 0 Å². The first-order valence-electron chi connectivity index (χ1n) is 10.1. The summed E-state index contributed by atoms with van der Waals surface area (Å²) in [4.78, 5) is 39.0. The zero-order valence-electron chi connectivity index (χ0n) is 16.8. The van der Waals surface area contributed by atoms with Gasteiger partial charge < -0.3 is 18.8 Å². The van der Waals surface area contributed by atoms with Crippen molar-refractivity contribution >= 4 is 11.8 Å². The molecule has 5 rings (SSSR count). The number of hydrogen-bond donors (Lipinski definition) is 0. The first-order valence-corrected chi connectivity index (χ1v) is 10.1. The summed E-state index contributed by atoms with van der Waals surface area (Å²) < 4.78 is 7.20. The maximum absolute atomic E-state index is 13.7. The molecule has 0 aromatic carbocycles. The number of carbonyl (C=O) groups excluding carboxylic acids is 2. The summed E-state index contributed by atoms with van der Waals surface area (Å²) in [5.74, 6) is 0.0431. The molecule has 2 aliphatic rings. The van der Waals surface area contributed by atoms with E-state index in [-0.39, 0.29) is 17.7 Å². The summed E-state index contributed by atoms with van der Waals surface area (Å²) >= 11 is 0. The maximum atomic E-state index is 13.7. The summed E-state index contributed by atoms with van der Waals surface area (Å²) in [5, 5.41) is 0. The normalized spacial score (nSPS) is 23.6. The lowest BCUT2D eigenvalue weighted by molar-refractivity contribution is -0.136. The molecule has 2 aliphatic heterocycles. The quantitative estimate of drug-likeness (QED) is 0.663. The molecule has 3 aromatic heterocycles. The van der Waals surface area contributed by atoms with Gasteiger partial charge >= 0.3 is 0 Å². The number of aryl methyl sites for hydroxylation is 1. The van der Waals surface area contributed by atoms with E-state index < -0.39 is 5.41 Å². The highest BCUT2D eigenvalue weighted by Crippen LogP contribution is 2.50. The Morgan fingerprint density at radius 2 is 2.23 bits per heavy atom. The molecular weight excluding hydrogens is 382 g/mol. The molecule has 8 heteroatoms. The molecule has 2 fully saturated rings. The minimum absolute atomic E-state index is 0.0803. The van der Waals surface area contributed by atoms with E-state index in [2.05, 4.69) is 9.97 Å². The number of imidazole rings is 1. The topological polar surface area (TPSA) is 84.5 Å². The van der Waals surface area contributed by atoms with Gasteiger partial charge in [0.2, 0.25) is 5.91 Å². The molecular formula is C22H23N5O3. The van der Waals surface area contributed by atoms with Crippen LogP contribution in [0.5, 0.6) is 0 Å². The Balaban J connectivity index is 1.46. The van der Waals surface area contributed by atoms with Crippen LogP contribution in [-0.2, 0) is 18.4 Å². The largest absolute Gasteiger partial charge is 0.459 e. The van der Waals surface area contributed by atoms with Crippen LogP contribution in [-0.4, -0.2) is 55.8 Å². The molecule has 0 aliphatic carbocycles. The third-order valence-corrected chi connectivity index (χ3v) is 6.28. The van der Waals surface area contributed by atoms with Gasteiger partial charge in [-0.25, -0.2) is 4.98 Å². The lowest BCUT2D eigenvalue weighted by Gasteiger charge is -2.27. The lowest BCUT2D eigenvalue weighted by Crippen LogP contribution is -2.40. The summed E-state index contributed by atoms with van der Waals surface area (Å²) in [6.45, 7) is 1.99. The van der Waals surface area contributed by atoms with E-state index in [1.54, 1.807) is 35.8 Å². The highest BCUT2D eigenvalue weighted by molar-refractivity contribution is 5.94. The van der Waals surface area contributed by atoms with Crippen molar-refractivity contribution in [3.8, 4) is 0 Å². The van der Waals surface area contributed by atoms with Gasteiger partial charge in [0.05, 0.1) is 23.7 Å². The number of amides is 2. The SMILES string of the molecule is Cn1cnc([C@@H]2CN(C(=O)c3ccco3)C[C@@]23CCN(Cc2cccnc2)C3=O)c1. The number of nitrogens with zero attached hydrogens (tertiary/aromatic N) is 5. The zero-order chi connectivity index (χ0) is 20.7. The van der Waals surface area contributed by atoms with Gasteiger partial charge in [0.15, 0.2) is 5.76 Å².